The van der Waals surface area contributed by atoms with Crippen molar-refractivity contribution >= 4 is 15.3 Å². The second kappa shape index (κ2) is 9.29. The molecule has 0 atom stereocenters. The zero-order valence-corrected chi connectivity index (χ0v) is 18.8. The number of rotatable bonds is 8. The third kappa shape index (κ3) is 5.39. The van der Waals surface area contributed by atoms with Gasteiger partial charge in [0.25, 0.3) is 0 Å². The Hall–Kier alpha value is -1.88. The molecule has 9 heteroatoms. The Morgan fingerprint density at radius 2 is 1.45 bits per heavy atom. The summed E-state index contributed by atoms with van der Waals surface area (Å²) in [5, 5.41) is 0. The van der Waals surface area contributed by atoms with E-state index >= 15 is 0 Å². The Bertz CT molecular complexity index is 878. The number of nitrogens with zero attached hydrogens (tertiary/aromatic N) is 3. The van der Waals surface area contributed by atoms with Gasteiger partial charge in [-0.2, -0.15) is 0 Å². The molecular formula is C20H27N3O4P2. The summed E-state index contributed by atoms with van der Waals surface area (Å²) in [7, 11) is -2.91. The monoisotopic (exact) mass is 435 g/mol. The minimum absolute atomic E-state index is 0.308. The molecule has 2 aromatic carbocycles. The number of hydrogen-bond donors (Lipinski definition) is 0. The molecule has 29 heavy (non-hydrogen) atoms. The summed E-state index contributed by atoms with van der Waals surface area (Å²) >= 11 is 0. The number of para-hydroxylation sites is 2. The molecule has 0 radical (unpaired) electrons. The second-order valence-electron chi connectivity index (χ2n) is 6.87. The maximum atomic E-state index is 13.9. The van der Waals surface area contributed by atoms with Crippen molar-refractivity contribution in [2.24, 2.45) is 4.52 Å². The molecule has 0 spiro atoms. The van der Waals surface area contributed by atoms with Gasteiger partial charge in [-0.25, -0.2) is 13.9 Å². The lowest BCUT2D eigenvalue weighted by Gasteiger charge is -2.32. The molecule has 1 aliphatic heterocycles. The Morgan fingerprint density at radius 3 is 1.86 bits per heavy atom. The van der Waals surface area contributed by atoms with E-state index in [1.54, 1.807) is 48.5 Å². The van der Waals surface area contributed by atoms with Crippen LogP contribution in [0.15, 0.2) is 77.3 Å². The van der Waals surface area contributed by atoms with Crippen LogP contribution in [0.4, 0.5) is 0 Å². The summed E-state index contributed by atoms with van der Waals surface area (Å²) in [5.41, 5.74) is 0.857. The maximum absolute atomic E-state index is 13.9. The molecule has 3 rings (SSSR count). The molecule has 0 amide bonds. The summed E-state index contributed by atoms with van der Waals surface area (Å²) < 4.78 is 40.4. The molecule has 0 saturated carbocycles. The van der Waals surface area contributed by atoms with E-state index in [0.717, 1.165) is 18.7 Å². The Balaban J connectivity index is 2.07. The van der Waals surface area contributed by atoms with Crippen molar-refractivity contribution in [2.75, 3.05) is 33.8 Å². The van der Waals surface area contributed by atoms with Crippen LogP contribution < -0.4 is 9.05 Å². The summed E-state index contributed by atoms with van der Waals surface area (Å²) in [6.45, 7) is 7.58. The summed E-state index contributed by atoms with van der Waals surface area (Å²) in [5.74, 6) is 0.830. The van der Waals surface area contributed by atoms with Crippen molar-refractivity contribution in [1.82, 2.24) is 9.34 Å². The number of benzene rings is 2. The quantitative estimate of drug-likeness (QED) is 0.393. The molecule has 0 aromatic heterocycles. The fraction of sp³-hybridized carbons (Fsp3) is 0.300. The van der Waals surface area contributed by atoms with Gasteiger partial charge in [-0.3, -0.25) is 0 Å². The highest BCUT2D eigenvalue weighted by Gasteiger charge is 2.43. The lowest BCUT2D eigenvalue weighted by atomic mass is 10.3. The largest absolute Gasteiger partial charge is 0.566 e. The highest BCUT2D eigenvalue weighted by atomic mass is 31.2. The molecular weight excluding hydrogens is 408 g/mol. The fourth-order valence-corrected chi connectivity index (χ4v) is 8.35. The van der Waals surface area contributed by atoms with Gasteiger partial charge in [0, 0.05) is 13.1 Å². The molecule has 0 aliphatic carbocycles. The van der Waals surface area contributed by atoms with E-state index in [4.69, 9.17) is 13.6 Å². The molecule has 0 N–H and O–H groups in total. The first kappa shape index (κ1) is 21.8. The van der Waals surface area contributed by atoms with E-state index in [-0.39, 0.29) is 0 Å². The number of hydrogen-bond acceptors (Lipinski definition) is 4. The van der Waals surface area contributed by atoms with Gasteiger partial charge in [-0.15, -0.1) is 4.52 Å². The smallest absolute Gasteiger partial charge is 0.399 e. The van der Waals surface area contributed by atoms with E-state index in [2.05, 4.69) is 11.1 Å². The average Bonchev–Trinajstić information content (AvgIpc) is 2.96. The molecule has 1 aliphatic rings. The predicted molar refractivity (Wildman–Crippen MR) is 117 cm³/mol. The summed E-state index contributed by atoms with van der Waals surface area (Å²) in [6, 6.07) is 17.8. The highest BCUT2D eigenvalue weighted by molar-refractivity contribution is 7.67. The lowest BCUT2D eigenvalue weighted by molar-refractivity contribution is 0.329. The van der Waals surface area contributed by atoms with Crippen LogP contribution in [0.3, 0.4) is 0 Å². The molecule has 2 aromatic rings. The molecule has 0 unspecified atom stereocenters. The van der Waals surface area contributed by atoms with Gasteiger partial charge in [0.2, 0.25) is 7.58 Å². The highest BCUT2D eigenvalue weighted by Crippen LogP contribution is 2.67. The zero-order valence-electron chi connectivity index (χ0n) is 17.0. The SMILES string of the molecule is C=C(C)COP1(=NP(=O)(Oc2ccccc2)Oc2ccccc2)N(C)CCN1C. The van der Waals surface area contributed by atoms with Gasteiger partial charge in [0.05, 0.1) is 6.61 Å². The molecule has 156 valence electrons. The molecule has 1 fully saturated rings. The van der Waals surface area contributed by atoms with Crippen LogP contribution in [-0.2, 0) is 9.09 Å². The van der Waals surface area contributed by atoms with Crippen LogP contribution in [-0.4, -0.2) is 43.1 Å². The fourth-order valence-electron chi connectivity index (χ4n) is 2.79. The lowest BCUT2D eigenvalue weighted by Crippen LogP contribution is -2.17. The van der Waals surface area contributed by atoms with Gasteiger partial charge in [0.15, 0.2) is 0 Å². The first-order chi connectivity index (χ1) is 13.8. The van der Waals surface area contributed by atoms with Crippen molar-refractivity contribution in [2.45, 2.75) is 6.92 Å². The average molecular weight is 435 g/mol. The van der Waals surface area contributed by atoms with E-state index in [1.807, 2.05) is 42.5 Å². The van der Waals surface area contributed by atoms with Crippen LogP contribution in [0.25, 0.3) is 0 Å². The first-order valence-corrected chi connectivity index (χ1v) is 12.3. The summed E-state index contributed by atoms with van der Waals surface area (Å²) in [6.07, 6.45) is 0. The minimum Gasteiger partial charge on any atom is -0.399 e. The topological polar surface area (TPSA) is 63.6 Å². The zero-order chi connectivity index (χ0) is 20.9. The van der Waals surface area contributed by atoms with Crippen LogP contribution in [0, 0.1) is 0 Å². The van der Waals surface area contributed by atoms with E-state index in [9.17, 15) is 4.57 Å². The first-order valence-electron chi connectivity index (χ1n) is 9.28. The van der Waals surface area contributed by atoms with Crippen molar-refractivity contribution in [3.8, 4) is 11.5 Å². The van der Waals surface area contributed by atoms with E-state index in [1.165, 1.54) is 0 Å². The van der Waals surface area contributed by atoms with E-state index in [0.29, 0.717) is 18.1 Å². The van der Waals surface area contributed by atoms with Crippen LogP contribution in [0.2, 0.25) is 0 Å². The van der Waals surface area contributed by atoms with Gasteiger partial charge in [0.1, 0.15) is 11.5 Å². The van der Waals surface area contributed by atoms with Crippen molar-refractivity contribution in [1.29, 1.82) is 0 Å². The van der Waals surface area contributed by atoms with Gasteiger partial charge in [-0.1, -0.05) is 48.6 Å². The number of likely N-dealkylation sites (N-methyl/N-ethyl adjacent to an activating group) is 2. The molecule has 7 nitrogen and oxygen atoms in total. The maximum Gasteiger partial charge on any atom is 0.566 e. The molecule has 1 saturated heterocycles. The standard InChI is InChI=1S/C20H27N3O4P2/c1-18(2)17-25-28(22(3)15-16-23(28)4)21-29(24,26-19-11-7-5-8-12-19)27-20-13-9-6-10-14-20/h5-14H,1,15-17H2,2-4H3. The van der Waals surface area contributed by atoms with Gasteiger partial charge < -0.3 is 13.6 Å². The second-order valence-corrected chi connectivity index (χ2v) is 11.5. The molecule has 0 bridgehead atoms. The third-order valence-corrected chi connectivity index (χ3v) is 9.62. The van der Waals surface area contributed by atoms with Gasteiger partial charge >= 0.3 is 7.75 Å². The normalized spacial score (nSPS) is 17.1. The van der Waals surface area contributed by atoms with Crippen LogP contribution in [0.1, 0.15) is 6.92 Å². The van der Waals surface area contributed by atoms with Crippen molar-refractivity contribution in [3.63, 3.8) is 0 Å². The predicted octanol–water partition coefficient (Wildman–Crippen LogP) is 5.67. The Labute approximate surface area is 172 Å². The van der Waals surface area contributed by atoms with Crippen molar-refractivity contribution in [3.05, 3.63) is 72.8 Å². The minimum atomic E-state index is -3.98. The van der Waals surface area contributed by atoms with Crippen LogP contribution >= 0.6 is 15.3 Å². The summed E-state index contributed by atoms with van der Waals surface area (Å²) in [4.78, 5) is 0. The van der Waals surface area contributed by atoms with E-state index < -0.39 is 15.3 Å². The Kier molecular flexibility index (Phi) is 6.99. The van der Waals surface area contributed by atoms with Crippen LogP contribution in [0.5, 0.6) is 11.5 Å². The third-order valence-electron chi connectivity index (χ3n) is 4.27. The van der Waals surface area contributed by atoms with Gasteiger partial charge in [-0.05, 0) is 45.3 Å². The molecule has 1 heterocycles. The Morgan fingerprint density at radius 1 is 1.00 bits per heavy atom. The van der Waals surface area contributed by atoms with Crippen molar-refractivity contribution < 1.29 is 18.1 Å².